The van der Waals surface area contributed by atoms with E-state index in [-0.39, 0.29) is 6.73 Å². The summed E-state index contributed by atoms with van der Waals surface area (Å²) < 4.78 is 0. The molecule has 0 saturated carbocycles. The van der Waals surface area contributed by atoms with Crippen LogP contribution in [0.15, 0.2) is 30.8 Å². The van der Waals surface area contributed by atoms with Crippen molar-refractivity contribution in [2.75, 3.05) is 6.73 Å². The maximum absolute atomic E-state index is 8.55. The minimum atomic E-state index is 0.00543. The van der Waals surface area contributed by atoms with Crippen LogP contribution < -0.4 is 5.32 Å². The fourth-order valence-corrected chi connectivity index (χ4v) is 1.08. The predicted molar refractivity (Wildman–Crippen MR) is 50.5 cm³/mol. The molecule has 2 heteroatoms. The van der Waals surface area contributed by atoms with Crippen LogP contribution in [0.1, 0.15) is 11.1 Å². The maximum Gasteiger partial charge on any atom is 0.0934 e. The largest absolute Gasteiger partial charge is 0.381 e. The summed E-state index contributed by atoms with van der Waals surface area (Å²) in [6, 6.07) is 7.96. The molecule has 64 valence electrons. The minimum Gasteiger partial charge on any atom is -0.381 e. The van der Waals surface area contributed by atoms with Gasteiger partial charge < -0.3 is 5.11 Å². The van der Waals surface area contributed by atoms with Crippen molar-refractivity contribution in [2.45, 2.75) is 6.54 Å². The molecule has 0 atom stereocenters. The SMILES string of the molecule is C=Cc1ccccc1CNCO. The summed E-state index contributed by atoms with van der Waals surface area (Å²) in [5.41, 5.74) is 2.26. The zero-order valence-corrected chi connectivity index (χ0v) is 6.96. The number of aliphatic hydroxyl groups is 1. The van der Waals surface area contributed by atoms with Crippen molar-refractivity contribution in [3.05, 3.63) is 42.0 Å². The van der Waals surface area contributed by atoms with E-state index in [2.05, 4.69) is 11.9 Å². The van der Waals surface area contributed by atoms with Gasteiger partial charge >= 0.3 is 0 Å². The highest BCUT2D eigenvalue weighted by Crippen LogP contribution is 2.08. The van der Waals surface area contributed by atoms with Gasteiger partial charge in [0, 0.05) is 6.54 Å². The third-order valence-corrected chi connectivity index (χ3v) is 1.70. The summed E-state index contributed by atoms with van der Waals surface area (Å²) in [5.74, 6) is 0. The number of rotatable bonds is 4. The quantitative estimate of drug-likeness (QED) is 0.657. The molecule has 0 saturated heterocycles. The first kappa shape index (κ1) is 8.97. The molecule has 2 N–H and O–H groups in total. The highest BCUT2D eigenvalue weighted by atomic mass is 16.3. The Morgan fingerprint density at radius 3 is 2.83 bits per heavy atom. The third-order valence-electron chi connectivity index (χ3n) is 1.70. The monoisotopic (exact) mass is 163 g/mol. The predicted octanol–water partition coefficient (Wildman–Crippen LogP) is 1.37. The van der Waals surface area contributed by atoms with Gasteiger partial charge in [-0.05, 0) is 11.1 Å². The van der Waals surface area contributed by atoms with Gasteiger partial charge in [0.15, 0.2) is 0 Å². The van der Waals surface area contributed by atoms with Crippen molar-refractivity contribution in [2.24, 2.45) is 0 Å². The Balaban J connectivity index is 2.75. The molecule has 0 unspecified atom stereocenters. The van der Waals surface area contributed by atoms with Crippen molar-refractivity contribution in [3.63, 3.8) is 0 Å². The Bertz CT molecular complexity index is 258. The number of benzene rings is 1. The van der Waals surface area contributed by atoms with E-state index in [0.717, 1.165) is 11.1 Å². The third kappa shape index (κ3) is 2.19. The number of aliphatic hydroxyl groups excluding tert-OH is 1. The van der Waals surface area contributed by atoms with Crippen molar-refractivity contribution in [1.82, 2.24) is 5.32 Å². The Morgan fingerprint density at radius 1 is 1.42 bits per heavy atom. The van der Waals surface area contributed by atoms with E-state index in [1.165, 1.54) is 0 Å². The van der Waals surface area contributed by atoms with E-state index in [1.54, 1.807) is 0 Å². The van der Waals surface area contributed by atoms with Gasteiger partial charge in [-0.3, -0.25) is 5.32 Å². The second-order valence-electron chi connectivity index (χ2n) is 2.49. The molecular weight excluding hydrogens is 150 g/mol. The average Bonchev–Trinajstić information content (AvgIpc) is 2.15. The Labute approximate surface area is 72.5 Å². The lowest BCUT2D eigenvalue weighted by Gasteiger charge is -2.04. The molecule has 1 aromatic carbocycles. The molecule has 0 amide bonds. The van der Waals surface area contributed by atoms with E-state index in [4.69, 9.17) is 5.11 Å². The Morgan fingerprint density at radius 2 is 2.17 bits per heavy atom. The number of hydrogen-bond donors (Lipinski definition) is 2. The first-order valence-electron chi connectivity index (χ1n) is 3.90. The van der Waals surface area contributed by atoms with Crippen molar-refractivity contribution in [3.8, 4) is 0 Å². The Hall–Kier alpha value is -1.12. The minimum absolute atomic E-state index is 0.00543. The summed E-state index contributed by atoms with van der Waals surface area (Å²) in [5, 5.41) is 11.4. The molecule has 0 spiro atoms. The molecule has 0 aliphatic rings. The van der Waals surface area contributed by atoms with Gasteiger partial charge in [0.05, 0.1) is 6.73 Å². The van der Waals surface area contributed by atoms with Crippen LogP contribution in [0.3, 0.4) is 0 Å². The van der Waals surface area contributed by atoms with Crippen LogP contribution in [0, 0.1) is 0 Å². The van der Waals surface area contributed by atoms with Crippen LogP contribution in [0.2, 0.25) is 0 Å². The van der Waals surface area contributed by atoms with Gasteiger partial charge in [0.2, 0.25) is 0 Å². The maximum atomic E-state index is 8.55. The van der Waals surface area contributed by atoms with E-state index in [9.17, 15) is 0 Å². The molecule has 0 fully saturated rings. The van der Waals surface area contributed by atoms with Gasteiger partial charge in [-0.25, -0.2) is 0 Å². The van der Waals surface area contributed by atoms with Crippen LogP contribution in [0.5, 0.6) is 0 Å². The lowest BCUT2D eigenvalue weighted by Crippen LogP contribution is -2.14. The Kier molecular flexibility index (Phi) is 3.51. The number of hydrogen-bond acceptors (Lipinski definition) is 2. The van der Waals surface area contributed by atoms with E-state index < -0.39 is 0 Å². The molecule has 1 aromatic rings. The van der Waals surface area contributed by atoms with Crippen molar-refractivity contribution < 1.29 is 5.11 Å². The summed E-state index contributed by atoms with van der Waals surface area (Å²) in [4.78, 5) is 0. The zero-order valence-electron chi connectivity index (χ0n) is 6.96. The van der Waals surface area contributed by atoms with Crippen molar-refractivity contribution in [1.29, 1.82) is 0 Å². The fraction of sp³-hybridized carbons (Fsp3) is 0.200. The van der Waals surface area contributed by atoms with Gasteiger partial charge in [-0.15, -0.1) is 0 Å². The van der Waals surface area contributed by atoms with Crippen LogP contribution in [0.25, 0.3) is 6.08 Å². The zero-order chi connectivity index (χ0) is 8.81. The average molecular weight is 163 g/mol. The van der Waals surface area contributed by atoms with Gasteiger partial charge in [0.25, 0.3) is 0 Å². The molecule has 2 nitrogen and oxygen atoms in total. The van der Waals surface area contributed by atoms with Crippen molar-refractivity contribution >= 4 is 6.08 Å². The molecule has 0 radical (unpaired) electrons. The standard InChI is InChI=1S/C10H13NO/c1-2-9-5-3-4-6-10(9)7-11-8-12/h2-6,11-12H,1,7-8H2. The molecule has 12 heavy (non-hydrogen) atoms. The molecule has 0 aliphatic heterocycles. The highest BCUT2D eigenvalue weighted by Gasteiger charge is 1.95. The van der Waals surface area contributed by atoms with Crippen LogP contribution in [0.4, 0.5) is 0 Å². The van der Waals surface area contributed by atoms with E-state index in [1.807, 2.05) is 30.3 Å². The highest BCUT2D eigenvalue weighted by molar-refractivity contribution is 5.51. The molecule has 0 heterocycles. The first-order valence-corrected chi connectivity index (χ1v) is 3.90. The second kappa shape index (κ2) is 4.70. The number of nitrogens with one attached hydrogen (secondary N) is 1. The van der Waals surface area contributed by atoms with Crippen LogP contribution in [-0.4, -0.2) is 11.8 Å². The lowest BCUT2D eigenvalue weighted by atomic mass is 10.1. The van der Waals surface area contributed by atoms with Gasteiger partial charge in [-0.1, -0.05) is 36.9 Å². The van der Waals surface area contributed by atoms with Crippen LogP contribution >= 0.6 is 0 Å². The summed E-state index contributed by atoms with van der Waals surface area (Å²) >= 11 is 0. The second-order valence-corrected chi connectivity index (χ2v) is 2.49. The summed E-state index contributed by atoms with van der Waals surface area (Å²) in [7, 11) is 0. The fourth-order valence-electron chi connectivity index (χ4n) is 1.08. The molecule has 1 rings (SSSR count). The van der Waals surface area contributed by atoms with E-state index >= 15 is 0 Å². The van der Waals surface area contributed by atoms with E-state index in [0.29, 0.717) is 6.54 Å². The summed E-state index contributed by atoms with van der Waals surface area (Å²) in [6.45, 7) is 4.39. The molecule has 0 aliphatic carbocycles. The lowest BCUT2D eigenvalue weighted by molar-refractivity contribution is 0.259. The van der Waals surface area contributed by atoms with Gasteiger partial charge in [-0.2, -0.15) is 0 Å². The molecular formula is C10H13NO. The van der Waals surface area contributed by atoms with Crippen LogP contribution in [-0.2, 0) is 6.54 Å². The first-order chi connectivity index (χ1) is 5.88. The molecule has 0 bridgehead atoms. The summed E-state index contributed by atoms with van der Waals surface area (Å²) in [6.07, 6.45) is 1.81. The topological polar surface area (TPSA) is 32.3 Å². The smallest absolute Gasteiger partial charge is 0.0934 e. The molecule has 0 aromatic heterocycles. The van der Waals surface area contributed by atoms with Gasteiger partial charge in [0.1, 0.15) is 0 Å². The normalized spacial score (nSPS) is 9.75.